The molecule has 1 aliphatic carbocycles. The molecule has 0 spiro atoms. The van der Waals surface area contributed by atoms with E-state index in [9.17, 15) is 10.1 Å². The summed E-state index contributed by atoms with van der Waals surface area (Å²) in [6.07, 6.45) is 7.49. The van der Waals surface area contributed by atoms with Gasteiger partial charge in [0.2, 0.25) is 5.91 Å². The molecule has 1 aliphatic heterocycles. The molecule has 140 valence electrons. The predicted molar refractivity (Wildman–Crippen MR) is 111 cm³/mol. The van der Waals surface area contributed by atoms with E-state index >= 15 is 0 Å². The van der Waals surface area contributed by atoms with Gasteiger partial charge in [-0.25, -0.2) is 0 Å². The van der Waals surface area contributed by atoms with E-state index in [1.165, 1.54) is 0 Å². The largest absolute Gasteiger partial charge is 0.312 e. The summed E-state index contributed by atoms with van der Waals surface area (Å²) in [6, 6.07) is 16.3. The molecule has 1 saturated heterocycles. The van der Waals surface area contributed by atoms with Crippen LogP contribution in [0.3, 0.4) is 0 Å². The average molecular weight is 378 g/mol. The predicted octanol–water partition coefficient (Wildman–Crippen LogP) is 4.15. The zero-order valence-electron chi connectivity index (χ0n) is 15.8. The molecular formula is C24H18N4O. The lowest BCUT2D eigenvalue weighted by atomic mass is 9.97. The maximum absolute atomic E-state index is 12.0. The van der Waals surface area contributed by atoms with E-state index in [0.29, 0.717) is 12.8 Å². The van der Waals surface area contributed by atoms with Gasteiger partial charge in [0.05, 0.1) is 11.8 Å². The van der Waals surface area contributed by atoms with Gasteiger partial charge in [0, 0.05) is 71.5 Å². The van der Waals surface area contributed by atoms with Gasteiger partial charge in [0.15, 0.2) is 0 Å². The maximum Gasteiger partial charge on any atom is 0.227 e. The van der Waals surface area contributed by atoms with Crippen molar-refractivity contribution in [2.45, 2.75) is 19.3 Å². The first-order valence-electron chi connectivity index (χ1n) is 9.68. The number of hydrogen-bond donors (Lipinski definition) is 0. The monoisotopic (exact) mass is 378 g/mol. The summed E-state index contributed by atoms with van der Waals surface area (Å²) in [4.78, 5) is 22.7. The van der Waals surface area contributed by atoms with E-state index < -0.39 is 0 Å². The fourth-order valence-corrected chi connectivity index (χ4v) is 4.14. The van der Waals surface area contributed by atoms with Crippen molar-refractivity contribution in [1.29, 1.82) is 5.26 Å². The van der Waals surface area contributed by atoms with Gasteiger partial charge in [-0.3, -0.25) is 14.8 Å². The van der Waals surface area contributed by atoms with Crippen LogP contribution in [0.2, 0.25) is 0 Å². The van der Waals surface area contributed by atoms with Crippen molar-refractivity contribution >= 4 is 17.2 Å². The number of anilines is 1. The Morgan fingerprint density at radius 3 is 2.62 bits per heavy atom. The van der Waals surface area contributed by atoms with E-state index in [2.05, 4.69) is 22.1 Å². The van der Waals surface area contributed by atoms with Crippen molar-refractivity contribution in [3.8, 4) is 17.2 Å². The number of benzene rings is 1. The van der Waals surface area contributed by atoms with Crippen LogP contribution in [0.5, 0.6) is 0 Å². The Balaban J connectivity index is 1.51. The number of hydrogen-bond acceptors (Lipinski definition) is 4. The average Bonchev–Trinajstić information content (AvgIpc) is 3.37. The lowest BCUT2D eigenvalue weighted by Crippen LogP contribution is -2.23. The van der Waals surface area contributed by atoms with E-state index in [1.807, 2.05) is 47.5 Å². The van der Waals surface area contributed by atoms with Gasteiger partial charge in [-0.05, 0) is 36.2 Å². The number of carbonyl (C=O) groups excluding carboxylic acids is 1. The van der Waals surface area contributed by atoms with Crippen molar-refractivity contribution in [2.75, 3.05) is 11.4 Å². The van der Waals surface area contributed by atoms with Gasteiger partial charge in [-0.2, -0.15) is 5.26 Å². The lowest BCUT2D eigenvalue weighted by Gasteiger charge is -2.16. The molecule has 5 nitrogen and oxygen atoms in total. The highest BCUT2D eigenvalue weighted by Gasteiger charge is 2.24. The molecule has 0 bridgehead atoms. The number of fused-ring (bicyclic) bond motifs is 1. The van der Waals surface area contributed by atoms with Crippen LogP contribution >= 0.6 is 0 Å². The van der Waals surface area contributed by atoms with Crippen LogP contribution in [-0.4, -0.2) is 22.4 Å². The van der Waals surface area contributed by atoms with Gasteiger partial charge >= 0.3 is 0 Å². The van der Waals surface area contributed by atoms with Crippen molar-refractivity contribution in [3.63, 3.8) is 0 Å². The minimum Gasteiger partial charge on any atom is -0.312 e. The Hall–Kier alpha value is -3.78. The molecule has 0 saturated carbocycles. The van der Waals surface area contributed by atoms with Crippen molar-refractivity contribution in [2.24, 2.45) is 0 Å². The van der Waals surface area contributed by atoms with Crippen LogP contribution in [0.1, 0.15) is 29.7 Å². The second kappa shape index (κ2) is 6.99. The summed E-state index contributed by atoms with van der Waals surface area (Å²) in [5.74, 6) is 0.186. The fraction of sp³-hybridized carbons (Fsp3) is 0.167. The van der Waals surface area contributed by atoms with Gasteiger partial charge in [-0.1, -0.05) is 18.2 Å². The fourth-order valence-electron chi connectivity index (χ4n) is 4.14. The minimum absolute atomic E-state index is 0.186. The first-order chi connectivity index (χ1) is 14.2. The zero-order chi connectivity index (χ0) is 19.8. The van der Waals surface area contributed by atoms with Crippen LogP contribution < -0.4 is 4.90 Å². The molecule has 3 heterocycles. The molecule has 2 aromatic heterocycles. The highest BCUT2D eigenvalue weighted by atomic mass is 16.2. The lowest BCUT2D eigenvalue weighted by molar-refractivity contribution is -0.117. The molecule has 0 unspecified atom stereocenters. The Kier molecular flexibility index (Phi) is 4.18. The molecule has 29 heavy (non-hydrogen) atoms. The first kappa shape index (κ1) is 17.3. The SMILES string of the molecule is N#CC1=C(c2cncc(-c3ccc(N4CCCC4=O)cc3)c2)c2cccnc2C1. The highest BCUT2D eigenvalue weighted by molar-refractivity contribution is 5.95. The Morgan fingerprint density at radius 2 is 1.86 bits per heavy atom. The number of nitriles is 1. The van der Waals surface area contributed by atoms with E-state index in [0.717, 1.165) is 57.7 Å². The number of amides is 1. The molecule has 5 rings (SSSR count). The molecule has 2 aliphatic rings. The second-order valence-corrected chi connectivity index (χ2v) is 7.30. The summed E-state index contributed by atoms with van der Waals surface area (Å²) in [5.41, 5.74) is 7.44. The Morgan fingerprint density at radius 1 is 1.03 bits per heavy atom. The van der Waals surface area contributed by atoms with Crippen LogP contribution in [0.15, 0.2) is 66.6 Å². The highest BCUT2D eigenvalue weighted by Crippen LogP contribution is 2.37. The third kappa shape index (κ3) is 2.99. The third-order valence-corrected chi connectivity index (χ3v) is 5.55. The quantitative estimate of drug-likeness (QED) is 0.686. The van der Waals surface area contributed by atoms with Crippen LogP contribution in [0, 0.1) is 11.3 Å². The summed E-state index contributed by atoms with van der Waals surface area (Å²) < 4.78 is 0. The molecule has 3 aromatic rings. The molecule has 1 amide bonds. The second-order valence-electron chi connectivity index (χ2n) is 7.30. The van der Waals surface area contributed by atoms with Crippen molar-refractivity contribution in [1.82, 2.24) is 9.97 Å². The van der Waals surface area contributed by atoms with Gasteiger partial charge in [0.1, 0.15) is 0 Å². The molecule has 1 aromatic carbocycles. The van der Waals surface area contributed by atoms with E-state index in [1.54, 1.807) is 12.4 Å². The van der Waals surface area contributed by atoms with Crippen LogP contribution in [0.25, 0.3) is 16.7 Å². The number of pyridine rings is 2. The number of aromatic nitrogens is 2. The summed E-state index contributed by atoms with van der Waals surface area (Å²) >= 11 is 0. The normalized spacial score (nSPS) is 15.6. The number of carbonyl (C=O) groups is 1. The van der Waals surface area contributed by atoms with Crippen molar-refractivity contribution < 1.29 is 4.79 Å². The number of allylic oxidation sites excluding steroid dienone is 1. The molecule has 5 heteroatoms. The van der Waals surface area contributed by atoms with E-state index in [4.69, 9.17) is 0 Å². The number of nitrogens with zero attached hydrogens (tertiary/aromatic N) is 4. The van der Waals surface area contributed by atoms with Gasteiger partial charge in [-0.15, -0.1) is 0 Å². The Labute approximate surface area is 169 Å². The van der Waals surface area contributed by atoms with E-state index in [-0.39, 0.29) is 5.91 Å². The zero-order valence-corrected chi connectivity index (χ0v) is 15.8. The minimum atomic E-state index is 0.186. The van der Waals surface area contributed by atoms with Crippen LogP contribution in [0.4, 0.5) is 5.69 Å². The standard InChI is InChI=1S/C24H18N4O/c25-13-17-12-22-21(3-1-9-27-22)24(17)19-11-18(14-26-15-19)16-5-7-20(8-6-16)28-10-2-4-23(28)29/h1,3,5-9,11,14-15H,2,4,10,12H2. The molecule has 0 radical (unpaired) electrons. The summed E-state index contributed by atoms with van der Waals surface area (Å²) in [7, 11) is 0. The Bertz CT molecular complexity index is 1190. The summed E-state index contributed by atoms with van der Waals surface area (Å²) in [5, 5.41) is 9.62. The summed E-state index contributed by atoms with van der Waals surface area (Å²) in [6.45, 7) is 0.785. The van der Waals surface area contributed by atoms with Gasteiger partial charge < -0.3 is 4.90 Å². The molecule has 0 N–H and O–H groups in total. The maximum atomic E-state index is 12.0. The van der Waals surface area contributed by atoms with Gasteiger partial charge in [0.25, 0.3) is 0 Å². The van der Waals surface area contributed by atoms with Crippen molar-refractivity contribution in [3.05, 3.63) is 83.4 Å². The van der Waals surface area contributed by atoms with Crippen LogP contribution in [-0.2, 0) is 11.2 Å². The smallest absolute Gasteiger partial charge is 0.227 e. The first-order valence-corrected chi connectivity index (χ1v) is 9.68. The molecular weight excluding hydrogens is 360 g/mol. The third-order valence-electron chi connectivity index (χ3n) is 5.55. The molecule has 0 atom stereocenters. The number of rotatable bonds is 3. The topological polar surface area (TPSA) is 69.9 Å². The molecule has 1 fully saturated rings.